The number of ether oxygens (including phenoxy) is 3. The van der Waals surface area contributed by atoms with Crippen LogP contribution in [0, 0.1) is 0 Å². The van der Waals surface area contributed by atoms with Crippen LogP contribution in [0.2, 0.25) is 0 Å². The quantitative estimate of drug-likeness (QED) is 0.772. The first-order valence-corrected chi connectivity index (χ1v) is 10.1. The van der Waals surface area contributed by atoms with Crippen molar-refractivity contribution in [2.75, 3.05) is 46.1 Å². The highest BCUT2D eigenvalue weighted by Gasteiger charge is 2.30. The lowest BCUT2D eigenvalue weighted by atomic mass is 10.2. The normalized spacial score (nSPS) is 20.8. The van der Waals surface area contributed by atoms with Crippen molar-refractivity contribution in [1.82, 2.24) is 9.62 Å². The van der Waals surface area contributed by atoms with E-state index in [1.807, 2.05) is 6.92 Å². The van der Waals surface area contributed by atoms with E-state index >= 15 is 0 Å². The highest BCUT2D eigenvalue weighted by Crippen LogP contribution is 2.22. The molecule has 2 fully saturated rings. The summed E-state index contributed by atoms with van der Waals surface area (Å²) in [6.07, 6.45) is 0.518. The number of amides is 1. The number of hydrogen-bond donors (Lipinski definition) is 1. The van der Waals surface area contributed by atoms with Crippen LogP contribution in [-0.4, -0.2) is 70.5 Å². The summed E-state index contributed by atoms with van der Waals surface area (Å²) in [4.78, 5) is 12.5. The first kappa shape index (κ1) is 19.2. The molecule has 0 aliphatic carbocycles. The Labute approximate surface area is 153 Å². The standard InChI is InChI=1S/C17H24N2O6S/c1-17(24-11-12-25-17)5-6-18-16(20)14-3-2-4-15(13-14)26(21,22)19-7-9-23-10-8-19/h2-4,13H,5-12H2,1H3,(H,18,20). The fraction of sp³-hybridized carbons (Fsp3) is 0.588. The van der Waals surface area contributed by atoms with E-state index in [1.165, 1.54) is 16.4 Å². The van der Waals surface area contributed by atoms with Gasteiger partial charge in [0.1, 0.15) is 0 Å². The van der Waals surface area contributed by atoms with Gasteiger partial charge in [-0.15, -0.1) is 0 Å². The van der Waals surface area contributed by atoms with Gasteiger partial charge in [-0.1, -0.05) is 6.07 Å². The Hall–Kier alpha value is -1.52. The molecule has 3 rings (SSSR count). The first-order chi connectivity index (χ1) is 12.4. The monoisotopic (exact) mass is 384 g/mol. The van der Waals surface area contributed by atoms with E-state index in [-0.39, 0.29) is 10.8 Å². The van der Waals surface area contributed by atoms with Crippen molar-refractivity contribution in [3.8, 4) is 0 Å². The third kappa shape index (κ3) is 4.41. The average Bonchev–Trinajstić information content (AvgIpc) is 3.09. The second kappa shape index (κ2) is 8.01. The average molecular weight is 384 g/mol. The van der Waals surface area contributed by atoms with Gasteiger partial charge in [-0.05, 0) is 25.1 Å². The third-order valence-electron chi connectivity index (χ3n) is 4.47. The third-order valence-corrected chi connectivity index (χ3v) is 6.36. The van der Waals surface area contributed by atoms with Crippen LogP contribution in [-0.2, 0) is 24.2 Å². The molecule has 0 saturated carbocycles. The summed E-state index contributed by atoms with van der Waals surface area (Å²) in [6, 6.07) is 6.08. The zero-order valence-electron chi connectivity index (χ0n) is 14.8. The number of hydrogen-bond acceptors (Lipinski definition) is 6. The molecule has 1 aromatic carbocycles. The van der Waals surface area contributed by atoms with Gasteiger partial charge < -0.3 is 19.5 Å². The molecule has 2 heterocycles. The van der Waals surface area contributed by atoms with E-state index in [1.54, 1.807) is 12.1 Å². The summed E-state index contributed by atoms with van der Waals surface area (Å²) in [5.74, 6) is -1.000. The largest absolute Gasteiger partial charge is 0.379 e. The number of sulfonamides is 1. The van der Waals surface area contributed by atoms with Gasteiger partial charge in [0.15, 0.2) is 5.79 Å². The van der Waals surface area contributed by atoms with Gasteiger partial charge in [0.25, 0.3) is 5.91 Å². The number of rotatable bonds is 6. The second-order valence-electron chi connectivity index (χ2n) is 6.38. The number of carbonyl (C=O) groups is 1. The smallest absolute Gasteiger partial charge is 0.251 e. The van der Waals surface area contributed by atoms with Crippen LogP contribution in [0.25, 0.3) is 0 Å². The van der Waals surface area contributed by atoms with Gasteiger partial charge in [-0.25, -0.2) is 8.42 Å². The predicted octanol–water partition coefficient (Wildman–Crippen LogP) is 0.590. The van der Waals surface area contributed by atoms with Gasteiger partial charge in [-0.3, -0.25) is 4.79 Å². The lowest BCUT2D eigenvalue weighted by molar-refractivity contribution is -0.145. The van der Waals surface area contributed by atoms with Crippen molar-refractivity contribution in [3.05, 3.63) is 29.8 Å². The molecule has 9 heteroatoms. The summed E-state index contributed by atoms with van der Waals surface area (Å²) in [7, 11) is -3.63. The molecule has 0 bridgehead atoms. The van der Waals surface area contributed by atoms with Crippen molar-refractivity contribution < 1.29 is 27.4 Å². The Bertz CT molecular complexity index is 739. The maximum Gasteiger partial charge on any atom is 0.251 e. The molecule has 0 aromatic heterocycles. The Morgan fingerprint density at radius 3 is 2.58 bits per heavy atom. The Balaban J connectivity index is 1.63. The van der Waals surface area contributed by atoms with E-state index in [2.05, 4.69) is 5.32 Å². The van der Waals surface area contributed by atoms with Gasteiger partial charge in [0.2, 0.25) is 10.0 Å². The van der Waals surface area contributed by atoms with E-state index < -0.39 is 15.8 Å². The van der Waals surface area contributed by atoms with Gasteiger partial charge >= 0.3 is 0 Å². The van der Waals surface area contributed by atoms with E-state index in [0.29, 0.717) is 58.0 Å². The van der Waals surface area contributed by atoms with Crippen molar-refractivity contribution in [2.45, 2.75) is 24.0 Å². The minimum absolute atomic E-state index is 0.112. The maximum absolute atomic E-state index is 12.7. The van der Waals surface area contributed by atoms with Crippen LogP contribution < -0.4 is 5.32 Å². The Morgan fingerprint density at radius 1 is 1.19 bits per heavy atom. The van der Waals surface area contributed by atoms with E-state index in [9.17, 15) is 13.2 Å². The van der Waals surface area contributed by atoms with Crippen molar-refractivity contribution >= 4 is 15.9 Å². The molecule has 26 heavy (non-hydrogen) atoms. The molecule has 0 unspecified atom stereocenters. The number of morpholine rings is 1. The van der Waals surface area contributed by atoms with Crippen LogP contribution in [0.15, 0.2) is 29.2 Å². The topological polar surface area (TPSA) is 94.2 Å². The van der Waals surface area contributed by atoms with Crippen LogP contribution in [0.5, 0.6) is 0 Å². The van der Waals surface area contributed by atoms with Crippen LogP contribution in [0.4, 0.5) is 0 Å². The number of carbonyl (C=O) groups excluding carboxylic acids is 1. The highest BCUT2D eigenvalue weighted by molar-refractivity contribution is 7.89. The molecule has 0 radical (unpaired) electrons. The van der Waals surface area contributed by atoms with Gasteiger partial charge in [0, 0.05) is 31.6 Å². The zero-order chi connectivity index (χ0) is 18.6. The molecule has 0 atom stereocenters. The molecule has 2 aliphatic heterocycles. The van der Waals surface area contributed by atoms with Crippen LogP contribution >= 0.6 is 0 Å². The van der Waals surface area contributed by atoms with Crippen LogP contribution in [0.1, 0.15) is 23.7 Å². The van der Waals surface area contributed by atoms with E-state index in [4.69, 9.17) is 14.2 Å². The number of nitrogens with one attached hydrogen (secondary N) is 1. The minimum Gasteiger partial charge on any atom is -0.379 e. The summed E-state index contributed by atoms with van der Waals surface area (Å²) in [5, 5.41) is 2.78. The molecule has 1 N–H and O–H groups in total. The summed E-state index contributed by atoms with van der Waals surface area (Å²) < 4.78 is 43.0. The summed E-state index contributed by atoms with van der Waals surface area (Å²) >= 11 is 0. The summed E-state index contributed by atoms with van der Waals surface area (Å²) in [5.41, 5.74) is 0.303. The molecular formula is C17H24N2O6S. The van der Waals surface area contributed by atoms with Crippen molar-refractivity contribution in [2.24, 2.45) is 0 Å². The van der Waals surface area contributed by atoms with E-state index in [0.717, 1.165) is 0 Å². The molecule has 8 nitrogen and oxygen atoms in total. The van der Waals surface area contributed by atoms with Crippen LogP contribution in [0.3, 0.4) is 0 Å². The van der Waals surface area contributed by atoms with Crippen molar-refractivity contribution in [1.29, 1.82) is 0 Å². The lowest BCUT2D eigenvalue weighted by Gasteiger charge is -2.26. The minimum atomic E-state index is -3.63. The fourth-order valence-corrected chi connectivity index (χ4v) is 4.39. The molecule has 2 saturated heterocycles. The molecular weight excluding hydrogens is 360 g/mol. The summed E-state index contributed by atoms with van der Waals surface area (Å²) in [6.45, 7) is 4.69. The molecule has 144 valence electrons. The molecule has 0 spiro atoms. The molecule has 1 aromatic rings. The second-order valence-corrected chi connectivity index (χ2v) is 8.32. The lowest BCUT2D eigenvalue weighted by Crippen LogP contribution is -2.40. The molecule has 1 amide bonds. The van der Waals surface area contributed by atoms with Gasteiger partial charge in [0.05, 0.1) is 31.3 Å². The SMILES string of the molecule is CC1(CCNC(=O)c2cccc(S(=O)(=O)N3CCOCC3)c2)OCCO1. The van der Waals surface area contributed by atoms with Crippen molar-refractivity contribution in [3.63, 3.8) is 0 Å². The zero-order valence-corrected chi connectivity index (χ0v) is 15.6. The van der Waals surface area contributed by atoms with Gasteiger partial charge in [-0.2, -0.15) is 4.31 Å². The Morgan fingerprint density at radius 2 is 1.88 bits per heavy atom. The Kier molecular flexibility index (Phi) is 5.93. The number of benzene rings is 1. The predicted molar refractivity (Wildman–Crippen MR) is 93.3 cm³/mol. The number of nitrogens with zero attached hydrogens (tertiary/aromatic N) is 1. The highest BCUT2D eigenvalue weighted by atomic mass is 32.2. The first-order valence-electron chi connectivity index (χ1n) is 8.65. The molecule has 2 aliphatic rings. The fourth-order valence-electron chi connectivity index (χ4n) is 2.94. The maximum atomic E-state index is 12.7.